The van der Waals surface area contributed by atoms with Crippen LogP contribution in [0.5, 0.6) is 0 Å². The summed E-state index contributed by atoms with van der Waals surface area (Å²) >= 11 is 0. The van der Waals surface area contributed by atoms with E-state index in [4.69, 9.17) is 5.11 Å². The minimum atomic E-state index is -0.904. The van der Waals surface area contributed by atoms with E-state index < -0.39 is 11.7 Å². The number of carbonyl (C=O) groups excluding carboxylic acids is 1. The second-order valence-corrected chi connectivity index (χ2v) is 4.93. The summed E-state index contributed by atoms with van der Waals surface area (Å²) in [6.45, 7) is 0.289. The highest BCUT2D eigenvalue weighted by molar-refractivity contribution is 6.06. The van der Waals surface area contributed by atoms with Crippen molar-refractivity contribution in [3.63, 3.8) is 0 Å². The maximum atomic E-state index is 12.4. The van der Waals surface area contributed by atoms with E-state index in [0.717, 1.165) is 5.56 Å². The molecule has 0 bridgehead atoms. The first-order valence-electron chi connectivity index (χ1n) is 6.46. The van der Waals surface area contributed by atoms with Crippen molar-refractivity contribution in [1.29, 1.82) is 0 Å². The number of amides is 1. The molecule has 1 aromatic carbocycles. The molecule has 21 heavy (non-hydrogen) atoms. The van der Waals surface area contributed by atoms with Gasteiger partial charge < -0.3 is 20.0 Å². The van der Waals surface area contributed by atoms with Crippen molar-refractivity contribution in [3.05, 3.63) is 52.2 Å². The van der Waals surface area contributed by atoms with E-state index in [1.807, 2.05) is 12.1 Å². The lowest BCUT2D eigenvalue weighted by Crippen LogP contribution is -2.30. The lowest BCUT2D eigenvalue weighted by Gasteiger charge is -2.16. The second-order valence-electron chi connectivity index (χ2n) is 4.93. The Morgan fingerprint density at radius 3 is 2.76 bits per heavy atom. The predicted molar refractivity (Wildman–Crippen MR) is 74.5 cm³/mol. The Morgan fingerprint density at radius 2 is 2.10 bits per heavy atom. The number of carboxylic acid groups (broad SMARTS) is 1. The van der Waals surface area contributed by atoms with Gasteiger partial charge >= 0.3 is 11.7 Å². The Balaban J connectivity index is 1.96. The van der Waals surface area contributed by atoms with E-state index in [-0.39, 0.29) is 30.5 Å². The summed E-state index contributed by atoms with van der Waals surface area (Å²) in [6.07, 6.45) is 1.28. The number of anilines is 1. The van der Waals surface area contributed by atoms with E-state index >= 15 is 0 Å². The van der Waals surface area contributed by atoms with E-state index in [2.05, 4.69) is 9.97 Å². The number of aromatic amines is 2. The van der Waals surface area contributed by atoms with Crippen molar-refractivity contribution in [1.82, 2.24) is 9.97 Å². The number of fused-ring (bicyclic) bond motifs is 1. The molecule has 1 aromatic heterocycles. The molecule has 7 nitrogen and oxygen atoms in total. The third kappa shape index (κ3) is 2.33. The van der Waals surface area contributed by atoms with Crippen molar-refractivity contribution in [3.8, 4) is 0 Å². The van der Waals surface area contributed by atoms with Crippen LogP contribution in [0, 0.1) is 0 Å². The lowest BCUT2D eigenvalue weighted by atomic mass is 9.98. The molecule has 2 heterocycles. The van der Waals surface area contributed by atoms with Gasteiger partial charge in [-0.25, -0.2) is 4.79 Å². The van der Waals surface area contributed by atoms with E-state index in [1.54, 1.807) is 12.1 Å². The van der Waals surface area contributed by atoms with Gasteiger partial charge in [0.2, 0.25) is 0 Å². The van der Waals surface area contributed by atoms with Gasteiger partial charge in [-0.05, 0) is 11.6 Å². The maximum absolute atomic E-state index is 12.4. The van der Waals surface area contributed by atoms with Crippen LogP contribution in [0.25, 0.3) is 0 Å². The summed E-state index contributed by atoms with van der Waals surface area (Å²) < 4.78 is 0. The van der Waals surface area contributed by atoms with Crippen LogP contribution in [0.3, 0.4) is 0 Å². The Kier molecular flexibility index (Phi) is 3.09. The quantitative estimate of drug-likeness (QED) is 0.780. The Labute approximate surface area is 119 Å². The van der Waals surface area contributed by atoms with Gasteiger partial charge in [-0.15, -0.1) is 0 Å². The monoisotopic (exact) mass is 287 g/mol. The second kappa shape index (κ2) is 4.93. The summed E-state index contributed by atoms with van der Waals surface area (Å²) in [6, 6.07) is 7.22. The predicted octanol–water partition coefficient (Wildman–Crippen LogP) is 0.922. The summed E-state index contributed by atoms with van der Waals surface area (Å²) in [4.78, 5) is 40.8. The molecular formula is C14H13N3O4. The molecule has 0 fully saturated rings. The van der Waals surface area contributed by atoms with Crippen LogP contribution in [-0.2, 0) is 4.79 Å². The van der Waals surface area contributed by atoms with Crippen molar-refractivity contribution in [2.24, 2.45) is 0 Å². The van der Waals surface area contributed by atoms with E-state index in [9.17, 15) is 14.4 Å². The highest BCUT2D eigenvalue weighted by Gasteiger charge is 2.34. The number of carbonyl (C=O) groups is 2. The average molecular weight is 287 g/mol. The summed E-state index contributed by atoms with van der Waals surface area (Å²) in [5.41, 5.74) is 1.24. The Morgan fingerprint density at radius 1 is 1.33 bits per heavy atom. The smallest absolute Gasteiger partial charge is 0.323 e. The van der Waals surface area contributed by atoms with Gasteiger partial charge in [0, 0.05) is 24.3 Å². The fourth-order valence-corrected chi connectivity index (χ4v) is 2.67. The van der Waals surface area contributed by atoms with E-state index in [1.165, 1.54) is 11.1 Å². The van der Waals surface area contributed by atoms with Gasteiger partial charge in [-0.2, -0.15) is 0 Å². The number of aliphatic carboxylic acids is 1. The number of nitrogens with one attached hydrogen (secondary N) is 2. The number of aromatic nitrogens is 2. The topological polar surface area (TPSA) is 106 Å². The molecule has 0 radical (unpaired) electrons. The van der Waals surface area contributed by atoms with Crippen LogP contribution in [-0.4, -0.2) is 33.5 Å². The SMILES string of the molecule is O=C(O)CC1CN(C(=O)c2c[nH]c(=O)[nH]2)c2ccccc21. The lowest BCUT2D eigenvalue weighted by molar-refractivity contribution is -0.137. The van der Waals surface area contributed by atoms with Crippen molar-refractivity contribution < 1.29 is 14.7 Å². The zero-order valence-corrected chi connectivity index (χ0v) is 11.0. The third-order valence-electron chi connectivity index (χ3n) is 3.56. The first-order valence-corrected chi connectivity index (χ1v) is 6.46. The van der Waals surface area contributed by atoms with Crippen molar-refractivity contribution in [2.75, 3.05) is 11.4 Å². The number of carboxylic acids is 1. The van der Waals surface area contributed by atoms with Crippen LogP contribution >= 0.6 is 0 Å². The normalized spacial score (nSPS) is 16.8. The van der Waals surface area contributed by atoms with Crippen LogP contribution in [0.15, 0.2) is 35.3 Å². The minimum absolute atomic E-state index is 0.0373. The number of hydrogen-bond donors (Lipinski definition) is 3. The van der Waals surface area contributed by atoms with Crippen molar-refractivity contribution >= 4 is 17.6 Å². The molecule has 7 heteroatoms. The number of hydrogen-bond acceptors (Lipinski definition) is 3. The van der Waals surface area contributed by atoms with Crippen LogP contribution in [0.1, 0.15) is 28.4 Å². The zero-order chi connectivity index (χ0) is 15.0. The van der Waals surface area contributed by atoms with E-state index in [0.29, 0.717) is 5.69 Å². The van der Waals surface area contributed by atoms with Gasteiger partial charge in [0.25, 0.3) is 5.91 Å². The number of rotatable bonds is 3. The molecule has 0 aliphatic carbocycles. The van der Waals surface area contributed by atoms with Gasteiger partial charge in [0.05, 0.1) is 6.42 Å². The number of para-hydroxylation sites is 1. The van der Waals surface area contributed by atoms with Crippen LogP contribution in [0.2, 0.25) is 0 Å². The maximum Gasteiger partial charge on any atom is 0.323 e. The van der Waals surface area contributed by atoms with Gasteiger partial charge in [-0.3, -0.25) is 9.59 Å². The van der Waals surface area contributed by atoms with Crippen molar-refractivity contribution in [2.45, 2.75) is 12.3 Å². The molecule has 108 valence electrons. The molecule has 1 unspecified atom stereocenters. The van der Waals surface area contributed by atoms with Gasteiger partial charge in [0.15, 0.2) is 0 Å². The number of imidazole rings is 1. The highest BCUT2D eigenvalue weighted by atomic mass is 16.4. The molecule has 0 saturated heterocycles. The zero-order valence-electron chi connectivity index (χ0n) is 11.0. The Hall–Kier alpha value is -2.83. The molecule has 1 amide bonds. The summed E-state index contributed by atoms with van der Waals surface area (Å²) in [5, 5.41) is 8.99. The molecule has 3 rings (SSSR count). The van der Waals surface area contributed by atoms with Gasteiger partial charge in [-0.1, -0.05) is 18.2 Å². The Bertz CT molecular complexity index is 761. The molecule has 1 atom stereocenters. The number of H-pyrrole nitrogens is 2. The minimum Gasteiger partial charge on any atom is -0.481 e. The highest BCUT2D eigenvalue weighted by Crippen LogP contribution is 2.38. The van der Waals surface area contributed by atoms with Crippen LogP contribution < -0.4 is 10.6 Å². The molecule has 3 N–H and O–H groups in total. The number of benzene rings is 1. The first kappa shape index (κ1) is 13.2. The first-order chi connectivity index (χ1) is 10.1. The summed E-state index contributed by atoms with van der Waals surface area (Å²) in [5.74, 6) is -1.50. The fourth-order valence-electron chi connectivity index (χ4n) is 2.67. The van der Waals surface area contributed by atoms with Gasteiger partial charge in [0.1, 0.15) is 5.69 Å². The molecule has 1 aliphatic heterocycles. The molecule has 0 spiro atoms. The molecular weight excluding hydrogens is 274 g/mol. The standard InChI is InChI=1S/C14H13N3O4/c18-12(19)5-8-7-17(11-4-2-1-3-9(8)11)13(20)10-6-15-14(21)16-10/h1-4,6,8H,5,7H2,(H,18,19)(H2,15,16,21). The third-order valence-corrected chi connectivity index (χ3v) is 3.56. The summed E-state index contributed by atoms with van der Waals surface area (Å²) in [7, 11) is 0. The molecule has 1 aliphatic rings. The van der Waals surface area contributed by atoms with Crippen LogP contribution in [0.4, 0.5) is 5.69 Å². The molecule has 0 saturated carbocycles. The fraction of sp³-hybridized carbons (Fsp3) is 0.214. The average Bonchev–Trinajstić information content (AvgIpc) is 3.03. The number of nitrogens with zero attached hydrogens (tertiary/aromatic N) is 1. The largest absolute Gasteiger partial charge is 0.481 e. The molecule has 2 aromatic rings.